The molecule has 2 atom stereocenters. The van der Waals surface area contributed by atoms with Gasteiger partial charge < -0.3 is 15.4 Å². The number of hydrogen-bond donors (Lipinski definition) is 1. The smallest absolute Gasteiger partial charge is 0.326 e. The Morgan fingerprint density at radius 1 is 0.857 bits per heavy atom. The molecule has 3 aromatic carbocycles. The van der Waals surface area contributed by atoms with E-state index in [4.69, 9.17) is 38.7 Å². The van der Waals surface area contributed by atoms with Gasteiger partial charge in [-0.2, -0.15) is 4.31 Å². The highest BCUT2D eigenvalue weighted by Gasteiger charge is 2.45. The van der Waals surface area contributed by atoms with Crippen LogP contribution in [0.3, 0.4) is 0 Å². The van der Waals surface area contributed by atoms with Crippen molar-refractivity contribution in [2.75, 3.05) is 52.4 Å². The van der Waals surface area contributed by atoms with E-state index in [1.165, 1.54) is 4.31 Å². The largest absolute Gasteiger partial charge is 0.493 e. The highest BCUT2D eigenvalue weighted by atomic mass is 35.5. The van der Waals surface area contributed by atoms with Crippen molar-refractivity contribution < 1.29 is 22.7 Å². The van der Waals surface area contributed by atoms with E-state index in [0.717, 1.165) is 30.4 Å². The van der Waals surface area contributed by atoms with Crippen LogP contribution in [0.2, 0.25) is 10.0 Å². The summed E-state index contributed by atoms with van der Waals surface area (Å²) in [4.78, 5) is 37.1. The van der Waals surface area contributed by atoms with Crippen molar-refractivity contribution >= 4 is 51.0 Å². The first-order chi connectivity index (χ1) is 23.6. The molecule has 14 heteroatoms. The minimum atomic E-state index is -3.82. The quantitative estimate of drug-likeness (QED) is 0.317. The molecule has 3 aliphatic heterocycles. The van der Waals surface area contributed by atoms with E-state index in [0.29, 0.717) is 73.1 Å². The van der Waals surface area contributed by atoms with Crippen molar-refractivity contribution in [3.63, 3.8) is 0 Å². The van der Waals surface area contributed by atoms with Crippen LogP contribution in [-0.4, -0.2) is 97.6 Å². The van der Waals surface area contributed by atoms with Crippen molar-refractivity contribution in [2.45, 2.75) is 43.2 Å². The maximum atomic E-state index is 14.8. The zero-order valence-corrected chi connectivity index (χ0v) is 29.6. The molecular formula is C35H40Cl2N6O5S. The number of nitrogens with zero attached hydrogens (tertiary/aromatic N) is 5. The van der Waals surface area contributed by atoms with Crippen molar-refractivity contribution in [3.05, 3.63) is 93.5 Å². The third kappa shape index (κ3) is 7.58. The zero-order valence-electron chi connectivity index (χ0n) is 27.3. The highest BCUT2D eigenvalue weighted by Crippen LogP contribution is 2.46. The average Bonchev–Trinajstić information content (AvgIpc) is 3.49. The van der Waals surface area contributed by atoms with E-state index in [1.54, 1.807) is 52.3 Å². The number of amides is 3. The van der Waals surface area contributed by atoms with E-state index >= 15 is 0 Å². The highest BCUT2D eigenvalue weighted by molar-refractivity contribution is 7.89. The van der Waals surface area contributed by atoms with Gasteiger partial charge in [-0.3, -0.25) is 19.6 Å². The van der Waals surface area contributed by atoms with Gasteiger partial charge in [0.15, 0.2) is 0 Å². The Labute approximate surface area is 297 Å². The van der Waals surface area contributed by atoms with Crippen molar-refractivity contribution in [1.29, 1.82) is 0 Å². The summed E-state index contributed by atoms with van der Waals surface area (Å²) >= 11 is 12.6. The maximum absolute atomic E-state index is 14.8. The van der Waals surface area contributed by atoms with E-state index in [1.807, 2.05) is 36.1 Å². The topological polar surface area (TPSA) is 129 Å². The number of carbonyl (C=O) groups is 2. The summed E-state index contributed by atoms with van der Waals surface area (Å²) in [5.74, 6) is 0.281. The Morgan fingerprint density at radius 3 is 2.06 bits per heavy atom. The van der Waals surface area contributed by atoms with Gasteiger partial charge in [-0.15, -0.1) is 0 Å². The normalized spacial score (nSPS) is 20.7. The van der Waals surface area contributed by atoms with Crippen LogP contribution >= 0.6 is 23.2 Å². The number of amidine groups is 1. The summed E-state index contributed by atoms with van der Waals surface area (Å²) in [5, 5.41) is 1.11. The molecule has 2 fully saturated rings. The summed E-state index contributed by atoms with van der Waals surface area (Å²) in [6, 6.07) is 17.9. The first-order valence-corrected chi connectivity index (χ1v) is 18.7. The van der Waals surface area contributed by atoms with Crippen LogP contribution in [0.25, 0.3) is 0 Å². The molecule has 0 saturated carbocycles. The predicted octanol–water partition coefficient (Wildman–Crippen LogP) is 5.33. The molecule has 3 heterocycles. The lowest BCUT2D eigenvalue weighted by Gasteiger charge is -2.38. The van der Waals surface area contributed by atoms with Gasteiger partial charge in [0, 0.05) is 49.3 Å². The predicted molar refractivity (Wildman–Crippen MR) is 190 cm³/mol. The standard InChI is InChI=1S/C35H40Cl2N6O5S/c1-2-48-30-15-14-28(49(46,47)42-16-4-3-5-17-42)22-29(30)34-39-32(24-6-10-26(36)11-7-24)33(25-8-12-27(37)13-9-25)43(34)35(45)41-20-18-40(19-21-41)23-31(38)44/h6-15,22,32-33H,2-5,16-21,23H2,1H3,(H2,38,44)/t32-,33+/m0/s1. The third-order valence-electron chi connectivity index (χ3n) is 9.16. The molecule has 3 aliphatic rings. The Kier molecular flexibility index (Phi) is 10.8. The van der Waals surface area contributed by atoms with Gasteiger partial charge in [0.1, 0.15) is 17.6 Å². The molecule has 0 unspecified atom stereocenters. The fourth-order valence-corrected chi connectivity index (χ4v) is 8.50. The fraction of sp³-hybridized carbons (Fsp3) is 0.400. The number of halogens is 2. The van der Waals surface area contributed by atoms with Crippen LogP contribution in [0.1, 0.15) is 55.0 Å². The second kappa shape index (κ2) is 15.1. The number of primary amides is 1. The summed E-state index contributed by atoms with van der Waals surface area (Å²) in [5.41, 5.74) is 7.45. The number of carbonyl (C=O) groups excluding carboxylic acids is 2. The number of piperidine rings is 1. The van der Waals surface area contributed by atoms with Crippen molar-refractivity contribution in [1.82, 2.24) is 19.0 Å². The lowest BCUT2D eigenvalue weighted by Crippen LogP contribution is -2.55. The molecule has 0 bridgehead atoms. The molecule has 260 valence electrons. The number of aliphatic imine (C=N–C) groups is 1. The van der Waals surface area contributed by atoms with Crippen LogP contribution in [-0.2, 0) is 14.8 Å². The second-order valence-corrected chi connectivity index (χ2v) is 15.2. The third-order valence-corrected chi connectivity index (χ3v) is 11.6. The lowest BCUT2D eigenvalue weighted by molar-refractivity contribution is -0.119. The van der Waals surface area contributed by atoms with Gasteiger partial charge in [0.2, 0.25) is 15.9 Å². The zero-order chi connectivity index (χ0) is 34.7. The van der Waals surface area contributed by atoms with Gasteiger partial charge in [0.25, 0.3) is 0 Å². The molecule has 0 radical (unpaired) electrons. The van der Waals surface area contributed by atoms with E-state index < -0.39 is 28.0 Å². The molecular weight excluding hydrogens is 687 g/mol. The lowest BCUT2D eigenvalue weighted by atomic mass is 9.93. The molecule has 6 rings (SSSR count). The molecule has 0 aromatic heterocycles. The SMILES string of the molecule is CCOc1ccc(S(=O)(=O)N2CCCCC2)cc1C1=N[C@@H](c2ccc(Cl)cc2)[C@@H](c2ccc(Cl)cc2)N1C(=O)N1CCN(CC(N)=O)CC1. The molecule has 0 aliphatic carbocycles. The summed E-state index contributed by atoms with van der Waals surface area (Å²) < 4.78 is 35.4. The van der Waals surface area contributed by atoms with Crippen LogP contribution < -0.4 is 10.5 Å². The number of hydrogen-bond acceptors (Lipinski definition) is 7. The maximum Gasteiger partial charge on any atom is 0.326 e. The Hall–Kier alpha value is -3.68. The van der Waals surface area contributed by atoms with E-state index in [9.17, 15) is 18.0 Å². The molecule has 0 spiro atoms. The Balaban J connectivity index is 1.50. The van der Waals surface area contributed by atoms with Crippen LogP contribution in [0.4, 0.5) is 4.79 Å². The van der Waals surface area contributed by atoms with E-state index in [-0.39, 0.29) is 17.5 Å². The van der Waals surface area contributed by atoms with Gasteiger partial charge >= 0.3 is 6.03 Å². The van der Waals surface area contributed by atoms with Gasteiger partial charge in [0.05, 0.1) is 29.7 Å². The summed E-state index contributed by atoms with van der Waals surface area (Å²) in [7, 11) is -3.82. The van der Waals surface area contributed by atoms with Crippen molar-refractivity contribution in [3.8, 4) is 5.75 Å². The number of urea groups is 1. The summed E-state index contributed by atoms with van der Waals surface area (Å²) in [6.45, 7) is 4.83. The number of ether oxygens (including phenoxy) is 1. The number of nitrogens with two attached hydrogens (primary N) is 1. The Morgan fingerprint density at radius 2 is 1.47 bits per heavy atom. The first-order valence-electron chi connectivity index (χ1n) is 16.5. The van der Waals surface area contributed by atoms with Crippen molar-refractivity contribution in [2.24, 2.45) is 10.7 Å². The molecule has 11 nitrogen and oxygen atoms in total. The minimum Gasteiger partial charge on any atom is -0.493 e. The molecule has 3 amide bonds. The Bertz CT molecular complexity index is 1810. The summed E-state index contributed by atoms with van der Waals surface area (Å²) in [6.07, 6.45) is 2.59. The molecule has 2 saturated heterocycles. The molecule has 3 aromatic rings. The first kappa shape index (κ1) is 35.2. The van der Waals surface area contributed by atoms with Crippen LogP contribution in [0, 0.1) is 0 Å². The van der Waals surface area contributed by atoms with E-state index in [2.05, 4.69) is 0 Å². The molecule has 49 heavy (non-hydrogen) atoms. The van der Waals surface area contributed by atoms with Gasteiger partial charge in [-0.05, 0) is 73.4 Å². The molecule has 2 N–H and O–H groups in total. The number of piperazine rings is 1. The average molecular weight is 728 g/mol. The van der Waals surface area contributed by atoms with Crippen LogP contribution in [0.15, 0.2) is 76.6 Å². The number of benzene rings is 3. The minimum absolute atomic E-state index is 0.112. The fourth-order valence-electron chi connectivity index (χ4n) is 6.70. The monoisotopic (exact) mass is 726 g/mol. The number of rotatable bonds is 9. The van der Waals surface area contributed by atoms with Crippen LogP contribution in [0.5, 0.6) is 5.75 Å². The van der Waals surface area contributed by atoms with Gasteiger partial charge in [-0.25, -0.2) is 13.2 Å². The number of sulfonamides is 1. The second-order valence-electron chi connectivity index (χ2n) is 12.4. The van der Waals surface area contributed by atoms with Gasteiger partial charge in [-0.1, -0.05) is 53.9 Å².